The van der Waals surface area contributed by atoms with Gasteiger partial charge >= 0.3 is 0 Å². The van der Waals surface area contributed by atoms with Crippen molar-refractivity contribution in [1.29, 1.82) is 0 Å². The topological polar surface area (TPSA) is 67.4 Å². The van der Waals surface area contributed by atoms with Crippen LogP contribution in [0.3, 0.4) is 0 Å². The fourth-order valence-electron chi connectivity index (χ4n) is 5.15. The average molecular weight is 573 g/mol. The number of carbonyl (C=O) groups is 2. The van der Waals surface area contributed by atoms with Crippen molar-refractivity contribution in [2.24, 2.45) is 0 Å². The molecule has 0 aliphatic rings. The quantitative estimate of drug-likeness (QED) is 0.0982. The van der Waals surface area contributed by atoms with Crippen LogP contribution in [0, 0.1) is 0 Å². The van der Waals surface area contributed by atoms with Crippen molar-refractivity contribution in [3.63, 3.8) is 0 Å². The van der Waals surface area contributed by atoms with E-state index in [9.17, 15) is 9.59 Å². The highest BCUT2D eigenvalue weighted by molar-refractivity contribution is 6.00. The first kappa shape index (κ1) is 37.0. The molecule has 41 heavy (non-hydrogen) atoms. The van der Waals surface area contributed by atoms with Crippen molar-refractivity contribution < 1.29 is 14.3 Å². The summed E-state index contributed by atoms with van der Waals surface area (Å²) >= 11 is 0. The standard InChI is InChI=1S/C36H64N2O3/c1-4-7-10-13-16-17-18-19-22-25-30-41-34-31-32(35(39)37-28-23-20-14-11-8-5-2)26-27-33(34)36(40)38-29-24-21-15-12-9-6-3/h26-27,31H,4-25,28-30H2,1-3H3,(H,37,39)(H,38,40). The molecule has 236 valence electrons. The summed E-state index contributed by atoms with van der Waals surface area (Å²) in [5, 5.41) is 6.11. The number of rotatable bonds is 28. The second kappa shape index (κ2) is 26.8. The van der Waals surface area contributed by atoms with Crippen molar-refractivity contribution in [3.05, 3.63) is 29.3 Å². The Morgan fingerprint density at radius 1 is 0.537 bits per heavy atom. The van der Waals surface area contributed by atoms with Gasteiger partial charge in [-0.05, 0) is 37.5 Å². The molecule has 0 bridgehead atoms. The van der Waals surface area contributed by atoms with Gasteiger partial charge in [-0.2, -0.15) is 0 Å². The summed E-state index contributed by atoms with van der Waals surface area (Å²) in [5.74, 6) is 0.311. The van der Waals surface area contributed by atoms with Crippen molar-refractivity contribution >= 4 is 11.8 Å². The fraction of sp³-hybridized carbons (Fsp3) is 0.778. The van der Waals surface area contributed by atoms with Gasteiger partial charge in [0.05, 0.1) is 12.2 Å². The van der Waals surface area contributed by atoms with E-state index in [1.807, 2.05) is 0 Å². The summed E-state index contributed by atoms with van der Waals surface area (Å²) in [6.07, 6.45) is 27.0. The van der Waals surface area contributed by atoms with E-state index in [2.05, 4.69) is 31.4 Å². The van der Waals surface area contributed by atoms with E-state index in [1.165, 1.54) is 103 Å². The smallest absolute Gasteiger partial charge is 0.255 e. The summed E-state index contributed by atoms with van der Waals surface area (Å²) < 4.78 is 6.13. The van der Waals surface area contributed by atoms with Crippen molar-refractivity contribution in [1.82, 2.24) is 10.6 Å². The van der Waals surface area contributed by atoms with Crippen LogP contribution in [0.2, 0.25) is 0 Å². The lowest BCUT2D eigenvalue weighted by Crippen LogP contribution is -2.26. The molecule has 5 nitrogen and oxygen atoms in total. The largest absolute Gasteiger partial charge is 0.493 e. The highest BCUT2D eigenvalue weighted by Crippen LogP contribution is 2.22. The molecule has 0 saturated heterocycles. The number of carbonyl (C=O) groups excluding carboxylic acids is 2. The van der Waals surface area contributed by atoms with Crippen LogP contribution in [-0.2, 0) is 0 Å². The SMILES string of the molecule is CCCCCCCCCCCCOc1cc(C(=O)NCCCCCCCC)ccc1C(=O)NCCCCCCCC. The Hall–Kier alpha value is -2.04. The molecular weight excluding hydrogens is 508 g/mol. The Morgan fingerprint density at radius 2 is 0.951 bits per heavy atom. The first-order chi connectivity index (χ1) is 20.1. The number of benzene rings is 1. The molecule has 0 aliphatic carbocycles. The zero-order valence-corrected chi connectivity index (χ0v) is 27.1. The monoisotopic (exact) mass is 572 g/mol. The molecule has 2 N–H and O–H groups in total. The first-order valence-corrected chi connectivity index (χ1v) is 17.5. The molecule has 0 saturated carbocycles. The Bertz CT molecular complexity index is 780. The number of hydrogen-bond donors (Lipinski definition) is 2. The number of ether oxygens (including phenoxy) is 1. The second-order valence-corrected chi connectivity index (χ2v) is 11.8. The third-order valence-electron chi connectivity index (χ3n) is 7.88. The van der Waals surface area contributed by atoms with Gasteiger partial charge in [0.2, 0.25) is 0 Å². The molecule has 0 fully saturated rings. The normalized spacial score (nSPS) is 11.0. The van der Waals surface area contributed by atoms with E-state index in [-0.39, 0.29) is 11.8 Å². The van der Waals surface area contributed by atoms with E-state index >= 15 is 0 Å². The fourth-order valence-corrected chi connectivity index (χ4v) is 5.15. The molecule has 0 heterocycles. The molecule has 5 heteroatoms. The number of amides is 2. The van der Waals surface area contributed by atoms with Gasteiger partial charge in [0.25, 0.3) is 11.8 Å². The highest BCUT2D eigenvalue weighted by atomic mass is 16.5. The lowest BCUT2D eigenvalue weighted by Gasteiger charge is -2.14. The minimum absolute atomic E-state index is 0.0959. The Labute approximate surface area is 253 Å². The third kappa shape index (κ3) is 19.7. The molecule has 0 aliphatic heterocycles. The summed E-state index contributed by atoms with van der Waals surface area (Å²) in [6, 6.07) is 5.26. The molecule has 1 rings (SSSR count). The van der Waals surface area contributed by atoms with Crippen LogP contribution in [-0.4, -0.2) is 31.5 Å². The summed E-state index contributed by atoms with van der Waals surface area (Å²) in [6.45, 7) is 8.62. The Morgan fingerprint density at radius 3 is 1.44 bits per heavy atom. The van der Waals surface area contributed by atoms with Gasteiger partial charge in [-0.15, -0.1) is 0 Å². The van der Waals surface area contributed by atoms with E-state index < -0.39 is 0 Å². The van der Waals surface area contributed by atoms with Crippen LogP contribution in [0.4, 0.5) is 0 Å². The van der Waals surface area contributed by atoms with Crippen molar-refractivity contribution in [2.45, 2.75) is 162 Å². The van der Waals surface area contributed by atoms with Crippen LogP contribution in [0.15, 0.2) is 18.2 Å². The minimum Gasteiger partial charge on any atom is -0.493 e. The molecule has 1 aromatic rings. The second-order valence-electron chi connectivity index (χ2n) is 11.8. The zero-order valence-electron chi connectivity index (χ0n) is 27.1. The summed E-state index contributed by atoms with van der Waals surface area (Å²) in [7, 11) is 0. The van der Waals surface area contributed by atoms with Gasteiger partial charge in [0, 0.05) is 18.7 Å². The molecule has 0 spiro atoms. The van der Waals surface area contributed by atoms with E-state index in [0.29, 0.717) is 36.6 Å². The van der Waals surface area contributed by atoms with E-state index in [1.54, 1.807) is 18.2 Å². The van der Waals surface area contributed by atoms with Gasteiger partial charge < -0.3 is 15.4 Å². The van der Waals surface area contributed by atoms with Crippen molar-refractivity contribution in [3.8, 4) is 5.75 Å². The van der Waals surface area contributed by atoms with Crippen molar-refractivity contribution in [2.75, 3.05) is 19.7 Å². The molecular formula is C36H64N2O3. The molecule has 0 atom stereocenters. The van der Waals surface area contributed by atoms with Gasteiger partial charge in [-0.3, -0.25) is 9.59 Å². The van der Waals surface area contributed by atoms with Gasteiger partial charge in [-0.25, -0.2) is 0 Å². The predicted molar refractivity (Wildman–Crippen MR) is 175 cm³/mol. The maximum atomic E-state index is 13.0. The number of unbranched alkanes of at least 4 members (excludes halogenated alkanes) is 19. The average Bonchev–Trinajstić information content (AvgIpc) is 2.98. The zero-order chi connectivity index (χ0) is 29.8. The van der Waals surface area contributed by atoms with Gasteiger partial charge in [0.1, 0.15) is 5.75 Å². The van der Waals surface area contributed by atoms with Crippen LogP contribution >= 0.6 is 0 Å². The molecule has 2 amide bonds. The Balaban J connectivity index is 2.56. The van der Waals surface area contributed by atoms with Crippen LogP contribution in [0.1, 0.15) is 183 Å². The third-order valence-corrected chi connectivity index (χ3v) is 7.88. The number of nitrogens with one attached hydrogen (secondary N) is 2. The lowest BCUT2D eigenvalue weighted by atomic mass is 10.1. The van der Waals surface area contributed by atoms with Crippen LogP contribution in [0.25, 0.3) is 0 Å². The molecule has 1 aromatic carbocycles. The summed E-state index contributed by atoms with van der Waals surface area (Å²) in [5.41, 5.74) is 1.08. The Kier molecular flexibility index (Phi) is 24.2. The summed E-state index contributed by atoms with van der Waals surface area (Å²) in [4.78, 5) is 25.8. The minimum atomic E-state index is -0.115. The van der Waals surface area contributed by atoms with Gasteiger partial charge in [0.15, 0.2) is 0 Å². The molecule has 0 unspecified atom stereocenters. The van der Waals surface area contributed by atoms with Crippen LogP contribution < -0.4 is 15.4 Å². The number of hydrogen-bond acceptors (Lipinski definition) is 3. The lowest BCUT2D eigenvalue weighted by molar-refractivity contribution is 0.0937. The van der Waals surface area contributed by atoms with E-state index in [4.69, 9.17) is 4.74 Å². The molecule has 0 radical (unpaired) electrons. The molecule has 0 aromatic heterocycles. The first-order valence-electron chi connectivity index (χ1n) is 17.5. The maximum absolute atomic E-state index is 13.0. The predicted octanol–water partition coefficient (Wildman–Crippen LogP) is 10.2. The highest BCUT2D eigenvalue weighted by Gasteiger charge is 2.16. The van der Waals surface area contributed by atoms with E-state index in [0.717, 1.165) is 38.5 Å². The van der Waals surface area contributed by atoms with Gasteiger partial charge in [-0.1, -0.05) is 143 Å². The van der Waals surface area contributed by atoms with Crippen LogP contribution in [0.5, 0.6) is 5.75 Å². The maximum Gasteiger partial charge on any atom is 0.255 e.